The third-order valence-electron chi connectivity index (χ3n) is 4.39. The molecular weight excluding hydrogens is 310 g/mol. The second-order valence-corrected chi connectivity index (χ2v) is 6.85. The van der Waals surface area contributed by atoms with Crippen LogP contribution in [-0.4, -0.2) is 43.4 Å². The molecule has 3 heterocycles. The van der Waals surface area contributed by atoms with E-state index in [1.54, 1.807) is 11.3 Å². The van der Waals surface area contributed by atoms with Crippen LogP contribution in [0.25, 0.3) is 0 Å². The summed E-state index contributed by atoms with van der Waals surface area (Å²) < 4.78 is 11.8. The minimum Gasteiger partial charge on any atom is -0.486 e. The second kappa shape index (κ2) is 6.76. The van der Waals surface area contributed by atoms with Gasteiger partial charge in [0.1, 0.15) is 12.7 Å². The molecule has 2 aliphatic heterocycles. The van der Waals surface area contributed by atoms with Crippen molar-refractivity contribution in [3.05, 3.63) is 35.8 Å². The first-order valence-corrected chi connectivity index (χ1v) is 9.03. The van der Waals surface area contributed by atoms with Crippen molar-refractivity contribution in [2.75, 3.05) is 31.1 Å². The number of fused-ring (bicyclic) bond motifs is 1. The SMILES string of the molecule is c1ccc2c(c1)OCC(CNC1CCN(c3nccs3)CC1)O2. The highest BCUT2D eigenvalue weighted by atomic mass is 32.1. The maximum Gasteiger partial charge on any atom is 0.185 e. The van der Waals surface area contributed by atoms with Gasteiger partial charge in [-0.15, -0.1) is 11.3 Å². The van der Waals surface area contributed by atoms with E-state index in [4.69, 9.17) is 9.47 Å². The van der Waals surface area contributed by atoms with Gasteiger partial charge in [-0.05, 0) is 25.0 Å². The molecule has 6 heteroatoms. The van der Waals surface area contributed by atoms with Crippen molar-refractivity contribution in [3.8, 4) is 11.5 Å². The van der Waals surface area contributed by atoms with Crippen molar-refractivity contribution in [3.63, 3.8) is 0 Å². The van der Waals surface area contributed by atoms with E-state index < -0.39 is 0 Å². The third kappa shape index (κ3) is 3.43. The highest BCUT2D eigenvalue weighted by Crippen LogP contribution is 2.30. The van der Waals surface area contributed by atoms with Crippen LogP contribution in [0.15, 0.2) is 35.8 Å². The molecule has 5 nitrogen and oxygen atoms in total. The Labute approximate surface area is 140 Å². The lowest BCUT2D eigenvalue weighted by molar-refractivity contribution is 0.0873. The van der Waals surface area contributed by atoms with E-state index in [1.807, 2.05) is 35.8 Å². The Kier molecular flexibility index (Phi) is 4.35. The molecule has 0 bridgehead atoms. The molecule has 2 aliphatic rings. The van der Waals surface area contributed by atoms with E-state index in [1.165, 1.54) is 0 Å². The van der Waals surface area contributed by atoms with Crippen LogP contribution in [0.1, 0.15) is 12.8 Å². The van der Waals surface area contributed by atoms with Gasteiger partial charge in [-0.1, -0.05) is 12.1 Å². The van der Waals surface area contributed by atoms with Crippen molar-refractivity contribution >= 4 is 16.5 Å². The smallest absolute Gasteiger partial charge is 0.185 e. The molecule has 23 heavy (non-hydrogen) atoms. The van der Waals surface area contributed by atoms with Crippen molar-refractivity contribution < 1.29 is 9.47 Å². The number of ether oxygens (including phenoxy) is 2. The van der Waals surface area contributed by atoms with Gasteiger partial charge in [-0.3, -0.25) is 0 Å². The first-order valence-electron chi connectivity index (χ1n) is 8.15. The van der Waals surface area contributed by atoms with Gasteiger partial charge >= 0.3 is 0 Å². The van der Waals surface area contributed by atoms with Gasteiger partial charge in [-0.2, -0.15) is 0 Å². The van der Waals surface area contributed by atoms with Gasteiger partial charge in [0.05, 0.1) is 0 Å². The van der Waals surface area contributed by atoms with Crippen molar-refractivity contribution in [2.24, 2.45) is 0 Å². The molecule has 1 aromatic carbocycles. The molecule has 0 spiro atoms. The monoisotopic (exact) mass is 331 g/mol. The number of hydrogen-bond acceptors (Lipinski definition) is 6. The molecule has 1 atom stereocenters. The second-order valence-electron chi connectivity index (χ2n) is 5.98. The van der Waals surface area contributed by atoms with Gasteiger partial charge in [-0.25, -0.2) is 4.98 Å². The molecule has 0 saturated carbocycles. The minimum absolute atomic E-state index is 0.0851. The van der Waals surface area contributed by atoms with E-state index in [-0.39, 0.29) is 6.10 Å². The Morgan fingerprint density at radius 3 is 2.83 bits per heavy atom. The van der Waals surface area contributed by atoms with Crippen LogP contribution in [0.3, 0.4) is 0 Å². The summed E-state index contributed by atoms with van der Waals surface area (Å²) >= 11 is 1.72. The van der Waals surface area contributed by atoms with E-state index in [2.05, 4.69) is 15.2 Å². The lowest BCUT2D eigenvalue weighted by atomic mass is 10.1. The summed E-state index contributed by atoms with van der Waals surface area (Å²) in [5.41, 5.74) is 0. The predicted octanol–water partition coefficient (Wildman–Crippen LogP) is 2.54. The summed E-state index contributed by atoms with van der Waals surface area (Å²) in [5, 5.41) is 6.82. The number of hydrogen-bond donors (Lipinski definition) is 1. The zero-order chi connectivity index (χ0) is 15.5. The van der Waals surface area contributed by atoms with Crippen molar-refractivity contribution in [1.82, 2.24) is 10.3 Å². The van der Waals surface area contributed by atoms with Gasteiger partial charge < -0.3 is 19.7 Å². The molecule has 1 N–H and O–H groups in total. The molecule has 122 valence electrons. The molecule has 1 saturated heterocycles. The van der Waals surface area contributed by atoms with Crippen LogP contribution >= 0.6 is 11.3 Å². The van der Waals surface area contributed by atoms with Gasteiger partial charge in [0, 0.05) is 37.3 Å². The van der Waals surface area contributed by atoms with Crippen LogP contribution in [0.5, 0.6) is 11.5 Å². The maximum atomic E-state index is 6.00. The first-order chi connectivity index (χ1) is 11.4. The largest absolute Gasteiger partial charge is 0.486 e. The number of benzene rings is 1. The Morgan fingerprint density at radius 2 is 2.04 bits per heavy atom. The highest BCUT2D eigenvalue weighted by molar-refractivity contribution is 7.13. The lowest BCUT2D eigenvalue weighted by Crippen LogP contribution is -2.47. The molecule has 0 amide bonds. The fraction of sp³-hybridized carbons (Fsp3) is 0.471. The number of piperidine rings is 1. The summed E-state index contributed by atoms with van der Waals surface area (Å²) in [6, 6.07) is 8.41. The average Bonchev–Trinajstić information content (AvgIpc) is 3.15. The standard InChI is InChI=1S/C17H21N3O2S/c1-2-4-16-15(3-1)21-12-14(22-16)11-19-13-5-8-20(9-6-13)17-18-7-10-23-17/h1-4,7,10,13-14,19H,5-6,8-9,11-12H2. The number of para-hydroxylation sites is 2. The van der Waals surface area contributed by atoms with Crippen LogP contribution in [0, 0.1) is 0 Å². The number of aromatic nitrogens is 1. The van der Waals surface area contributed by atoms with Crippen molar-refractivity contribution in [2.45, 2.75) is 25.0 Å². The number of rotatable bonds is 4. The average molecular weight is 331 g/mol. The topological polar surface area (TPSA) is 46.6 Å². The zero-order valence-electron chi connectivity index (χ0n) is 13.0. The Morgan fingerprint density at radius 1 is 1.22 bits per heavy atom. The quantitative estimate of drug-likeness (QED) is 0.933. The van der Waals surface area contributed by atoms with Crippen LogP contribution in [0.4, 0.5) is 5.13 Å². The first kappa shape index (κ1) is 14.8. The summed E-state index contributed by atoms with van der Waals surface area (Å²) in [7, 11) is 0. The van der Waals surface area contributed by atoms with Crippen LogP contribution < -0.4 is 19.7 Å². The van der Waals surface area contributed by atoms with E-state index in [9.17, 15) is 0 Å². The molecule has 0 aliphatic carbocycles. The number of thiazole rings is 1. The van der Waals surface area contributed by atoms with E-state index >= 15 is 0 Å². The van der Waals surface area contributed by atoms with Crippen LogP contribution in [0.2, 0.25) is 0 Å². The normalized spacial score (nSPS) is 21.4. The Hall–Kier alpha value is -1.79. The molecule has 4 rings (SSSR count). The Balaban J connectivity index is 1.24. The Bertz CT molecular complexity index is 627. The van der Waals surface area contributed by atoms with Crippen molar-refractivity contribution in [1.29, 1.82) is 0 Å². The van der Waals surface area contributed by atoms with E-state index in [0.29, 0.717) is 12.6 Å². The maximum absolute atomic E-state index is 6.00. The fourth-order valence-corrected chi connectivity index (χ4v) is 3.81. The molecule has 1 aromatic heterocycles. The van der Waals surface area contributed by atoms with Crippen LogP contribution in [-0.2, 0) is 0 Å². The van der Waals surface area contributed by atoms with Gasteiger partial charge in [0.25, 0.3) is 0 Å². The summed E-state index contributed by atoms with van der Waals surface area (Å²) in [6.45, 7) is 3.57. The highest BCUT2D eigenvalue weighted by Gasteiger charge is 2.24. The fourth-order valence-electron chi connectivity index (χ4n) is 3.11. The molecule has 1 fully saturated rings. The molecule has 2 aromatic rings. The number of anilines is 1. The van der Waals surface area contributed by atoms with E-state index in [0.717, 1.165) is 49.1 Å². The minimum atomic E-state index is 0.0851. The third-order valence-corrected chi connectivity index (χ3v) is 5.22. The zero-order valence-corrected chi connectivity index (χ0v) is 13.8. The number of nitrogens with zero attached hydrogens (tertiary/aromatic N) is 2. The summed E-state index contributed by atoms with van der Waals surface area (Å²) in [6.07, 6.45) is 4.25. The molecular formula is C17H21N3O2S. The predicted molar refractivity (Wildman–Crippen MR) is 91.7 cm³/mol. The van der Waals surface area contributed by atoms with Gasteiger partial charge in [0.15, 0.2) is 16.6 Å². The lowest BCUT2D eigenvalue weighted by Gasteiger charge is -2.33. The molecule has 0 radical (unpaired) electrons. The summed E-state index contributed by atoms with van der Waals surface area (Å²) in [4.78, 5) is 6.77. The summed E-state index contributed by atoms with van der Waals surface area (Å²) in [5.74, 6) is 1.70. The molecule has 1 unspecified atom stereocenters. The number of nitrogens with one attached hydrogen (secondary N) is 1. The van der Waals surface area contributed by atoms with Gasteiger partial charge in [0.2, 0.25) is 0 Å².